The third kappa shape index (κ3) is 3.69. The van der Waals surface area contributed by atoms with Crippen LogP contribution in [0.3, 0.4) is 0 Å². The van der Waals surface area contributed by atoms with E-state index >= 15 is 0 Å². The van der Waals surface area contributed by atoms with Crippen molar-refractivity contribution in [2.75, 3.05) is 18.4 Å². The summed E-state index contributed by atoms with van der Waals surface area (Å²) in [5.41, 5.74) is 7.14. The zero-order valence-corrected chi connectivity index (χ0v) is 15.5. The maximum atomic E-state index is 12.6. The van der Waals surface area contributed by atoms with Gasteiger partial charge in [0, 0.05) is 12.5 Å². The Labute approximate surface area is 159 Å². The van der Waals surface area contributed by atoms with E-state index in [0.717, 1.165) is 18.5 Å². The van der Waals surface area contributed by atoms with Crippen molar-refractivity contribution >= 4 is 38.6 Å². The number of amides is 2. The van der Waals surface area contributed by atoms with Crippen LogP contribution in [-0.2, 0) is 4.79 Å². The summed E-state index contributed by atoms with van der Waals surface area (Å²) in [6, 6.07) is 9.49. The molecule has 2 aromatic heterocycles. The van der Waals surface area contributed by atoms with Crippen molar-refractivity contribution in [1.29, 1.82) is 0 Å². The second-order valence-electron chi connectivity index (χ2n) is 6.43. The van der Waals surface area contributed by atoms with E-state index < -0.39 is 0 Å². The molecule has 8 nitrogen and oxygen atoms in total. The minimum absolute atomic E-state index is 0.0143. The van der Waals surface area contributed by atoms with Crippen LogP contribution >= 0.6 is 11.3 Å². The van der Waals surface area contributed by atoms with Crippen LogP contribution in [0.25, 0.3) is 16.0 Å². The van der Waals surface area contributed by atoms with Gasteiger partial charge >= 0.3 is 0 Å². The van der Waals surface area contributed by atoms with Crippen LogP contribution in [0.5, 0.6) is 0 Å². The summed E-state index contributed by atoms with van der Waals surface area (Å²) in [7, 11) is 0. The fraction of sp³-hybridized carbons (Fsp3) is 0.333. The van der Waals surface area contributed by atoms with Gasteiger partial charge in [-0.25, -0.2) is 4.68 Å². The quantitative estimate of drug-likeness (QED) is 0.538. The van der Waals surface area contributed by atoms with Crippen LogP contribution in [0.15, 0.2) is 30.3 Å². The van der Waals surface area contributed by atoms with Gasteiger partial charge in [-0.05, 0) is 37.9 Å². The predicted octanol–water partition coefficient (Wildman–Crippen LogP) is 1.91. The van der Waals surface area contributed by atoms with E-state index in [-0.39, 0.29) is 17.7 Å². The number of fused-ring (bicyclic) bond motifs is 1. The monoisotopic (exact) mass is 384 g/mol. The normalized spacial score (nSPS) is 13.7. The zero-order valence-electron chi connectivity index (χ0n) is 14.6. The fourth-order valence-corrected chi connectivity index (χ4v) is 3.63. The van der Waals surface area contributed by atoms with E-state index in [1.807, 2.05) is 30.3 Å². The van der Waals surface area contributed by atoms with Crippen molar-refractivity contribution in [3.63, 3.8) is 0 Å². The summed E-state index contributed by atoms with van der Waals surface area (Å²) in [4.78, 5) is 29.2. The van der Waals surface area contributed by atoms with Gasteiger partial charge in [0.15, 0.2) is 16.5 Å². The molecule has 2 amide bonds. The Hall–Kier alpha value is -2.78. The van der Waals surface area contributed by atoms with Gasteiger partial charge in [0.2, 0.25) is 5.91 Å². The molecule has 4 rings (SSSR count). The van der Waals surface area contributed by atoms with Crippen molar-refractivity contribution < 1.29 is 9.59 Å². The van der Waals surface area contributed by atoms with Gasteiger partial charge in [-0.15, -0.1) is 0 Å². The number of hydrogen-bond donors (Lipinski definition) is 3. The Balaban J connectivity index is 1.71. The molecule has 1 aromatic carbocycles. The number of aromatic nitrogens is 3. The highest BCUT2D eigenvalue weighted by Crippen LogP contribution is 2.34. The lowest BCUT2D eigenvalue weighted by molar-refractivity contribution is -0.117. The zero-order chi connectivity index (χ0) is 18.8. The summed E-state index contributed by atoms with van der Waals surface area (Å²) in [5.74, 6) is -0.201. The Bertz CT molecular complexity index is 977. The van der Waals surface area contributed by atoms with Crippen LogP contribution < -0.4 is 16.4 Å². The highest BCUT2D eigenvalue weighted by molar-refractivity contribution is 7.22. The van der Waals surface area contributed by atoms with Gasteiger partial charge in [0.1, 0.15) is 4.70 Å². The molecule has 0 saturated heterocycles. The summed E-state index contributed by atoms with van der Waals surface area (Å²) in [6.45, 7) is 0.991. The van der Waals surface area contributed by atoms with Crippen molar-refractivity contribution in [2.24, 2.45) is 11.7 Å². The Morgan fingerprint density at radius 1 is 1.26 bits per heavy atom. The number of carbonyl (C=O) groups excluding carboxylic acids is 2. The molecule has 3 aromatic rings. The predicted molar refractivity (Wildman–Crippen MR) is 104 cm³/mol. The van der Waals surface area contributed by atoms with Crippen LogP contribution in [0.4, 0.5) is 5.13 Å². The van der Waals surface area contributed by atoms with Gasteiger partial charge in [0.05, 0.1) is 5.69 Å². The first kappa shape index (κ1) is 17.6. The minimum Gasteiger partial charge on any atom is -0.351 e. The fourth-order valence-electron chi connectivity index (χ4n) is 2.69. The number of anilines is 1. The molecule has 0 bridgehead atoms. The Kier molecular flexibility index (Phi) is 4.87. The number of carbonyl (C=O) groups is 2. The smallest absolute Gasteiger partial charge is 0.273 e. The minimum atomic E-state index is -0.271. The number of nitrogens with one attached hydrogen (secondary N) is 2. The van der Waals surface area contributed by atoms with Crippen molar-refractivity contribution in [2.45, 2.75) is 19.3 Å². The van der Waals surface area contributed by atoms with E-state index in [2.05, 4.69) is 20.7 Å². The largest absolute Gasteiger partial charge is 0.351 e. The molecule has 0 unspecified atom stereocenters. The lowest BCUT2D eigenvalue weighted by Gasteiger charge is -2.03. The Morgan fingerprint density at radius 3 is 2.74 bits per heavy atom. The highest BCUT2D eigenvalue weighted by Gasteiger charge is 2.31. The molecule has 1 fully saturated rings. The lowest BCUT2D eigenvalue weighted by atomic mass is 10.3. The third-order valence-corrected chi connectivity index (χ3v) is 5.25. The van der Waals surface area contributed by atoms with Gasteiger partial charge < -0.3 is 16.4 Å². The molecular formula is C18H20N6O2S. The van der Waals surface area contributed by atoms with Gasteiger partial charge in [-0.3, -0.25) is 9.59 Å². The standard InChI is InChI=1S/C18H20N6O2S/c19-9-4-10-20-17(26)13-14-15(24(23-13)12-5-2-1-3-6-12)21-18(27-14)22-16(25)11-7-8-11/h1-3,5-6,11H,4,7-10,19H2,(H,20,26)(H,21,22,25). The van der Waals surface area contributed by atoms with Crippen LogP contribution in [0, 0.1) is 5.92 Å². The number of nitrogens with two attached hydrogens (primary N) is 1. The average Bonchev–Trinajstić information content (AvgIpc) is 3.37. The molecule has 140 valence electrons. The van der Waals surface area contributed by atoms with E-state index in [1.54, 1.807) is 4.68 Å². The lowest BCUT2D eigenvalue weighted by Crippen LogP contribution is -2.26. The first-order valence-electron chi connectivity index (χ1n) is 8.91. The maximum Gasteiger partial charge on any atom is 0.273 e. The summed E-state index contributed by atoms with van der Waals surface area (Å²) in [6.07, 6.45) is 2.53. The molecule has 1 aliphatic rings. The number of para-hydroxylation sites is 1. The molecule has 0 radical (unpaired) electrons. The van der Waals surface area contributed by atoms with Crippen molar-refractivity contribution in [3.05, 3.63) is 36.0 Å². The average molecular weight is 384 g/mol. The SMILES string of the molecule is NCCCNC(=O)c1nn(-c2ccccc2)c2nc(NC(=O)C3CC3)sc12. The number of benzene rings is 1. The van der Waals surface area contributed by atoms with Crippen LogP contribution in [0.2, 0.25) is 0 Å². The Morgan fingerprint density at radius 2 is 2.04 bits per heavy atom. The molecule has 9 heteroatoms. The van der Waals surface area contributed by atoms with Crippen LogP contribution in [-0.4, -0.2) is 39.7 Å². The van der Waals surface area contributed by atoms with E-state index in [9.17, 15) is 9.59 Å². The van der Waals surface area contributed by atoms with Gasteiger partial charge in [-0.1, -0.05) is 29.5 Å². The summed E-state index contributed by atoms with van der Waals surface area (Å²) < 4.78 is 2.28. The third-order valence-electron chi connectivity index (χ3n) is 4.29. The van der Waals surface area contributed by atoms with E-state index in [4.69, 9.17) is 5.73 Å². The molecule has 27 heavy (non-hydrogen) atoms. The first-order valence-corrected chi connectivity index (χ1v) is 9.73. The number of nitrogens with zero attached hydrogens (tertiary/aromatic N) is 3. The number of rotatable bonds is 7. The van der Waals surface area contributed by atoms with Gasteiger partial charge in [-0.2, -0.15) is 10.1 Å². The number of hydrogen-bond acceptors (Lipinski definition) is 6. The topological polar surface area (TPSA) is 115 Å². The second-order valence-corrected chi connectivity index (χ2v) is 7.43. The molecular weight excluding hydrogens is 364 g/mol. The second kappa shape index (κ2) is 7.45. The molecule has 0 aliphatic heterocycles. The molecule has 1 aliphatic carbocycles. The maximum absolute atomic E-state index is 12.6. The van der Waals surface area contributed by atoms with E-state index in [0.29, 0.717) is 40.7 Å². The van der Waals surface area contributed by atoms with Crippen LogP contribution in [0.1, 0.15) is 29.8 Å². The van der Waals surface area contributed by atoms with Gasteiger partial charge in [0.25, 0.3) is 5.91 Å². The molecule has 4 N–H and O–H groups in total. The molecule has 0 spiro atoms. The summed E-state index contributed by atoms with van der Waals surface area (Å²) in [5, 5.41) is 10.6. The van der Waals surface area contributed by atoms with Crippen molar-refractivity contribution in [3.8, 4) is 5.69 Å². The highest BCUT2D eigenvalue weighted by atomic mass is 32.1. The first-order chi connectivity index (χ1) is 13.2. The molecule has 0 atom stereocenters. The molecule has 2 heterocycles. The van der Waals surface area contributed by atoms with Crippen molar-refractivity contribution in [1.82, 2.24) is 20.1 Å². The molecule has 1 saturated carbocycles. The van der Waals surface area contributed by atoms with E-state index in [1.165, 1.54) is 11.3 Å². The number of thiazole rings is 1. The summed E-state index contributed by atoms with van der Waals surface area (Å²) >= 11 is 1.27.